The van der Waals surface area contributed by atoms with Gasteiger partial charge in [-0.2, -0.15) is 0 Å². The normalized spacial score (nSPS) is 11.8. The molecule has 33 heavy (non-hydrogen) atoms. The van der Waals surface area contributed by atoms with Gasteiger partial charge in [0.25, 0.3) is 0 Å². The number of rotatable bonds is 7. The Morgan fingerprint density at radius 3 is 2.61 bits per heavy atom. The first-order valence-electron chi connectivity index (χ1n) is 9.81. The zero-order chi connectivity index (χ0) is 23.4. The van der Waals surface area contributed by atoms with E-state index in [4.69, 9.17) is 10.5 Å². The minimum atomic E-state index is -1.74. The Hall–Kier alpha value is -3.76. The maximum absolute atomic E-state index is 15.0. The molecular formula is C23H19F2N5O2S. The number of hydrogen-bond acceptors (Lipinski definition) is 7. The van der Waals surface area contributed by atoms with Gasteiger partial charge in [0.2, 0.25) is 11.8 Å². The van der Waals surface area contributed by atoms with Crippen molar-refractivity contribution in [3.8, 4) is 22.9 Å². The molecular weight excluding hydrogens is 448 g/mol. The molecule has 4 rings (SSSR count). The van der Waals surface area contributed by atoms with Crippen LogP contribution < -0.4 is 15.2 Å². The summed E-state index contributed by atoms with van der Waals surface area (Å²) < 4.78 is 50.4. The predicted octanol–water partition coefficient (Wildman–Crippen LogP) is 4.78. The van der Waals surface area contributed by atoms with Crippen LogP contribution in [0.3, 0.4) is 0 Å². The summed E-state index contributed by atoms with van der Waals surface area (Å²) in [5.74, 6) is -1.68. The second-order valence-electron chi connectivity index (χ2n) is 7.01. The van der Waals surface area contributed by atoms with E-state index >= 15 is 4.39 Å². The number of pyridine rings is 1. The number of benzene rings is 2. The number of nitrogens with one attached hydrogen (secondary N) is 1. The highest BCUT2D eigenvalue weighted by Gasteiger charge is 2.22. The standard InChI is InChI=1S/C23H19F2N5O2S/c1-14-19(32-22-16(8-5-10-27-22)18-9-11-28-23(26)29-18)12-17(24)21(20(14)25)30-33(31)13-15-6-3-2-4-7-15/h2-12,30H,13H2,1H3,(H2,26,28,29). The predicted molar refractivity (Wildman–Crippen MR) is 123 cm³/mol. The number of nitrogens with zero attached hydrogens (tertiary/aromatic N) is 3. The molecule has 0 bridgehead atoms. The maximum atomic E-state index is 15.0. The van der Waals surface area contributed by atoms with Gasteiger partial charge >= 0.3 is 0 Å². The Kier molecular flexibility index (Phi) is 6.66. The third-order valence-corrected chi connectivity index (χ3v) is 5.73. The molecule has 4 aromatic rings. The Morgan fingerprint density at radius 2 is 1.85 bits per heavy atom. The van der Waals surface area contributed by atoms with E-state index in [-0.39, 0.29) is 28.9 Å². The molecule has 2 heterocycles. The van der Waals surface area contributed by atoms with Gasteiger partial charge in [-0.1, -0.05) is 30.3 Å². The fourth-order valence-corrected chi connectivity index (χ4v) is 4.05. The number of nitrogens with two attached hydrogens (primary N) is 1. The molecule has 1 unspecified atom stereocenters. The van der Waals surface area contributed by atoms with E-state index in [1.807, 2.05) is 6.07 Å². The van der Waals surface area contributed by atoms with Crippen LogP contribution in [0.4, 0.5) is 20.4 Å². The van der Waals surface area contributed by atoms with E-state index in [1.54, 1.807) is 42.5 Å². The molecule has 7 nitrogen and oxygen atoms in total. The SMILES string of the molecule is Cc1c(Oc2ncccc2-c2ccnc(N)n2)cc(F)c(N[S+]([O-])Cc2ccccc2)c1F. The molecule has 168 valence electrons. The summed E-state index contributed by atoms with van der Waals surface area (Å²) in [5, 5.41) is 0. The highest BCUT2D eigenvalue weighted by Crippen LogP contribution is 2.36. The molecule has 2 aromatic heterocycles. The van der Waals surface area contributed by atoms with Crippen LogP contribution in [-0.4, -0.2) is 19.5 Å². The maximum Gasteiger partial charge on any atom is 0.228 e. The smallest absolute Gasteiger partial charge is 0.228 e. The fourth-order valence-electron chi connectivity index (χ4n) is 3.07. The lowest BCUT2D eigenvalue weighted by Gasteiger charge is -2.17. The minimum Gasteiger partial charge on any atom is -0.593 e. The average Bonchev–Trinajstić information content (AvgIpc) is 2.81. The van der Waals surface area contributed by atoms with Gasteiger partial charge in [0, 0.05) is 29.6 Å². The van der Waals surface area contributed by atoms with E-state index < -0.39 is 28.7 Å². The molecule has 10 heteroatoms. The van der Waals surface area contributed by atoms with Crippen molar-refractivity contribution in [2.45, 2.75) is 12.7 Å². The zero-order valence-corrected chi connectivity index (χ0v) is 18.3. The van der Waals surface area contributed by atoms with Crippen LogP contribution in [0.5, 0.6) is 11.6 Å². The van der Waals surface area contributed by atoms with Crippen molar-refractivity contribution in [1.82, 2.24) is 15.0 Å². The van der Waals surface area contributed by atoms with Crippen molar-refractivity contribution in [1.29, 1.82) is 0 Å². The molecule has 0 radical (unpaired) electrons. The van der Waals surface area contributed by atoms with Crippen molar-refractivity contribution in [3.63, 3.8) is 0 Å². The van der Waals surface area contributed by atoms with E-state index in [9.17, 15) is 8.94 Å². The molecule has 0 aliphatic carbocycles. The molecule has 0 fully saturated rings. The van der Waals surface area contributed by atoms with Crippen molar-refractivity contribution in [2.75, 3.05) is 10.5 Å². The Morgan fingerprint density at radius 1 is 1.06 bits per heavy atom. The van der Waals surface area contributed by atoms with Crippen LogP contribution in [0.15, 0.2) is 67.0 Å². The highest BCUT2D eigenvalue weighted by molar-refractivity contribution is 7.91. The largest absolute Gasteiger partial charge is 0.593 e. The van der Waals surface area contributed by atoms with Crippen molar-refractivity contribution in [3.05, 3.63) is 89.8 Å². The van der Waals surface area contributed by atoms with E-state index in [1.165, 1.54) is 19.3 Å². The monoisotopic (exact) mass is 467 g/mol. The third kappa shape index (κ3) is 5.18. The summed E-state index contributed by atoms with van der Waals surface area (Å²) in [4.78, 5) is 12.2. The van der Waals surface area contributed by atoms with Gasteiger partial charge in [-0.15, -0.1) is 0 Å². The number of ether oxygens (including phenoxy) is 1. The van der Waals surface area contributed by atoms with Crippen LogP contribution in [0.25, 0.3) is 11.3 Å². The van der Waals surface area contributed by atoms with Gasteiger partial charge < -0.3 is 15.0 Å². The average molecular weight is 468 g/mol. The molecule has 0 aliphatic heterocycles. The topological polar surface area (TPSA) is 109 Å². The first-order valence-corrected chi connectivity index (χ1v) is 11.1. The van der Waals surface area contributed by atoms with Crippen LogP contribution in [0.1, 0.15) is 11.1 Å². The van der Waals surface area contributed by atoms with Gasteiger partial charge in [-0.25, -0.2) is 28.5 Å². The number of halogens is 2. The first kappa shape index (κ1) is 22.4. The zero-order valence-electron chi connectivity index (χ0n) is 17.5. The van der Waals surface area contributed by atoms with Crippen molar-refractivity contribution in [2.24, 2.45) is 0 Å². The number of anilines is 2. The molecule has 0 saturated heterocycles. The lowest BCUT2D eigenvalue weighted by Crippen LogP contribution is -2.17. The summed E-state index contributed by atoms with van der Waals surface area (Å²) in [6.45, 7) is 1.43. The summed E-state index contributed by atoms with van der Waals surface area (Å²) in [6.07, 6.45) is 2.96. The minimum absolute atomic E-state index is 0.0226. The van der Waals surface area contributed by atoms with Crippen LogP contribution in [0, 0.1) is 18.6 Å². The van der Waals surface area contributed by atoms with Gasteiger partial charge in [0.05, 0.1) is 22.6 Å². The summed E-state index contributed by atoms with van der Waals surface area (Å²) in [6, 6.07) is 15.0. The quantitative estimate of drug-likeness (QED) is 0.377. The molecule has 2 aromatic carbocycles. The molecule has 3 N–H and O–H groups in total. The first-order chi connectivity index (χ1) is 15.9. The van der Waals surface area contributed by atoms with E-state index in [0.29, 0.717) is 11.3 Å². The van der Waals surface area contributed by atoms with Crippen LogP contribution in [0.2, 0.25) is 0 Å². The van der Waals surface area contributed by atoms with Crippen molar-refractivity contribution >= 4 is 23.0 Å². The molecule has 1 atom stereocenters. The fraction of sp³-hybridized carbons (Fsp3) is 0.0870. The lowest BCUT2D eigenvalue weighted by molar-refractivity contribution is 0.448. The lowest BCUT2D eigenvalue weighted by atomic mass is 10.1. The molecule has 0 spiro atoms. The molecule has 0 aliphatic rings. The Labute approximate surface area is 192 Å². The van der Waals surface area contributed by atoms with Crippen LogP contribution in [-0.2, 0) is 17.1 Å². The molecule has 0 amide bonds. The Bertz CT molecular complexity index is 1280. The van der Waals surface area contributed by atoms with Gasteiger partial charge in [0.15, 0.2) is 23.1 Å². The van der Waals surface area contributed by atoms with Gasteiger partial charge in [0.1, 0.15) is 5.75 Å². The Balaban J connectivity index is 1.60. The van der Waals surface area contributed by atoms with Gasteiger partial charge in [-0.3, -0.25) is 0 Å². The number of nitrogen functional groups attached to an aromatic ring is 1. The summed E-state index contributed by atoms with van der Waals surface area (Å²) in [7, 11) is 0. The summed E-state index contributed by atoms with van der Waals surface area (Å²) in [5.41, 5.74) is 6.87. The second-order valence-corrected chi connectivity index (χ2v) is 8.19. The van der Waals surface area contributed by atoms with Gasteiger partial charge in [-0.05, 0) is 25.1 Å². The van der Waals surface area contributed by atoms with E-state index in [2.05, 4.69) is 19.7 Å². The summed E-state index contributed by atoms with van der Waals surface area (Å²) >= 11 is -1.74. The number of aromatic nitrogens is 3. The third-order valence-electron chi connectivity index (χ3n) is 4.70. The number of hydrogen-bond donors (Lipinski definition) is 2. The van der Waals surface area contributed by atoms with Crippen molar-refractivity contribution < 1.29 is 18.1 Å². The highest BCUT2D eigenvalue weighted by atomic mass is 32.2. The van der Waals surface area contributed by atoms with Crippen LogP contribution >= 0.6 is 0 Å². The molecule has 0 saturated carbocycles. The second kappa shape index (κ2) is 9.80. The van der Waals surface area contributed by atoms with E-state index in [0.717, 1.165) is 11.6 Å².